The zero-order chi connectivity index (χ0) is 22.4. The summed E-state index contributed by atoms with van der Waals surface area (Å²) < 4.78 is 18.6. The molecule has 0 bridgehead atoms. The van der Waals surface area contributed by atoms with Crippen molar-refractivity contribution < 1.29 is 24.4 Å². The molecule has 33 heavy (non-hydrogen) atoms. The summed E-state index contributed by atoms with van der Waals surface area (Å²) in [6, 6.07) is 28.2. The van der Waals surface area contributed by atoms with Crippen molar-refractivity contribution in [3.05, 3.63) is 90.5 Å². The van der Waals surface area contributed by atoms with Gasteiger partial charge in [0, 0.05) is 10.5 Å². The van der Waals surface area contributed by atoms with Gasteiger partial charge in [0.05, 0.1) is 6.61 Å². The van der Waals surface area contributed by atoms with Gasteiger partial charge >= 0.3 is 0 Å². The van der Waals surface area contributed by atoms with Crippen LogP contribution in [0.25, 0.3) is 21.5 Å². The summed E-state index contributed by atoms with van der Waals surface area (Å²) in [6.45, 7) is 0.266. The van der Waals surface area contributed by atoms with Crippen LogP contribution in [-0.2, 0) is 14.2 Å². The minimum Gasteiger partial charge on any atom is -0.387 e. The van der Waals surface area contributed by atoms with Gasteiger partial charge in [-0.15, -0.1) is 0 Å². The lowest BCUT2D eigenvalue weighted by atomic mass is 9.94. The van der Waals surface area contributed by atoms with E-state index in [-0.39, 0.29) is 6.61 Å². The van der Waals surface area contributed by atoms with E-state index in [9.17, 15) is 10.2 Å². The maximum atomic E-state index is 11.0. The highest BCUT2D eigenvalue weighted by molar-refractivity contribution is 7.99. The van der Waals surface area contributed by atoms with Crippen molar-refractivity contribution in [3.63, 3.8) is 0 Å². The van der Waals surface area contributed by atoms with Gasteiger partial charge in [-0.1, -0.05) is 78.5 Å². The summed E-state index contributed by atoms with van der Waals surface area (Å²) in [4.78, 5) is 0.963. The molecule has 1 unspecified atom stereocenters. The van der Waals surface area contributed by atoms with Gasteiger partial charge in [0.1, 0.15) is 29.9 Å². The summed E-state index contributed by atoms with van der Waals surface area (Å²) >= 11 is 1.39. The average Bonchev–Trinajstić information content (AvgIpc) is 2.86. The predicted molar refractivity (Wildman–Crippen MR) is 128 cm³/mol. The van der Waals surface area contributed by atoms with Crippen LogP contribution in [0.3, 0.4) is 0 Å². The third-order valence-electron chi connectivity index (χ3n) is 6.38. The minimum absolute atomic E-state index is 0.266. The Hall–Kier alpha value is -2.45. The van der Waals surface area contributed by atoms with Crippen molar-refractivity contribution in [2.75, 3.05) is 6.61 Å². The van der Waals surface area contributed by atoms with Crippen LogP contribution in [0.2, 0.25) is 0 Å². The fourth-order valence-electron chi connectivity index (χ4n) is 4.76. The van der Waals surface area contributed by atoms with Crippen molar-refractivity contribution in [1.82, 2.24) is 0 Å². The molecule has 168 valence electrons. The maximum Gasteiger partial charge on any atom is 0.185 e. The molecule has 2 N–H and O–H groups in total. The number of hydrogen-bond donors (Lipinski definition) is 2. The first-order chi connectivity index (χ1) is 16.2. The molecule has 0 radical (unpaired) electrons. The molecule has 5 nitrogen and oxygen atoms in total. The van der Waals surface area contributed by atoms with Gasteiger partial charge in [0.15, 0.2) is 6.29 Å². The Morgan fingerprint density at radius 3 is 2.06 bits per heavy atom. The SMILES string of the molecule is O[C@@H]1[C@@H](O)[C@H](Sc2ccccc2)O[C@@H]2COC(c3c4ccccc4cc4ccccc34)O[C@H]12. The van der Waals surface area contributed by atoms with E-state index >= 15 is 0 Å². The third kappa shape index (κ3) is 3.83. The van der Waals surface area contributed by atoms with Crippen LogP contribution in [0.5, 0.6) is 0 Å². The summed E-state index contributed by atoms with van der Waals surface area (Å²) in [7, 11) is 0. The van der Waals surface area contributed by atoms with Crippen molar-refractivity contribution in [3.8, 4) is 0 Å². The van der Waals surface area contributed by atoms with Crippen LogP contribution >= 0.6 is 11.8 Å². The lowest BCUT2D eigenvalue weighted by Gasteiger charge is -2.46. The highest BCUT2D eigenvalue weighted by Gasteiger charge is 2.49. The van der Waals surface area contributed by atoms with E-state index in [0.717, 1.165) is 32.0 Å². The molecule has 2 saturated heterocycles. The van der Waals surface area contributed by atoms with Crippen LogP contribution in [0.4, 0.5) is 0 Å². The van der Waals surface area contributed by atoms with Gasteiger partial charge in [-0.05, 0) is 39.7 Å². The Balaban J connectivity index is 1.31. The Labute approximate surface area is 195 Å². The molecular weight excluding hydrogens is 436 g/mol. The summed E-state index contributed by atoms with van der Waals surface area (Å²) in [5.41, 5.74) is 0.329. The fraction of sp³-hybridized carbons (Fsp3) is 0.259. The van der Waals surface area contributed by atoms with E-state index in [1.165, 1.54) is 11.8 Å². The maximum absolute atomic E-state index is 11.0. The first-order valence-electron chi connectivity index (χ1n) is 11.1. The number of rotatable bonds is 3. The quantitative estimate of drug-likeness (QED) is 0.434. The lowest BCUT2D eigenvalue weighted by molar-refractivity contribution is -0.317. The van der Waals surface area contributed by atoms with Crippen molar-refractivity contribution >= 4 is 33.3 Å². The summed E-state index contributed by atoms with van der Waals surface area (Å²) in [5, 5.41) is 26.1. The molecule has 6 atom stereocenters. The standard InChI is InChI=1S/C27H24O5S/c28-23-24(29)27(33-18-10-2-1-3-11-18)31-21-15-30-26(32-25(21)23)22-19-12-6-4-8-16(19)14-17-9-5-7-13-20(17)22/h1-14,21,23-29H,15H2/t21-,23-,24-,25+,26?,27+/m1/s1. The second kappa shape index (κ2) is 8.72. The Morgan fingerprint density at radius 2 is 1.36 bits per heavy atom. The van der Waals surface area contributed by atoms with Gasteiger partial charge in [0.2, 0.25) is 0 Å². The molecule has 0 spiro atoms. The number of fused-ring (bicyclic) bond motifs is 3. The summed E-state index contributed by atoms with van der Waals surface area (Å²) in [5.74, 6) is 0. The average molecular weight is 461 g/mol. The molecule has 0 aromatic heterocycles. The Bertz CT molecular complexity index is 1220. The van der Waals surface area contributed by atoms with Gasteiger partial charge in [0.25, 0.3) is 0 Å². The van der Waals surface area contributed by atoms with Gasteiger partial charge in [-0.2, -0.15) is 0 Å². The fourth-order valence-corrected chi connectivity index (χ4v) is 5.84. The molecule has 2 aliphatic rings. The van der Waals surface area contributed by atoms with E-state index < -0.39 is 36.1 Å². The van der Waals surface area contributed by atoms with Crippen LogP contribution in [0.15, 0.2) is 89.8 Å². The molecule has 6 heteroatoms. The number of benzene rings is 4. The highest BCUT2D eigenvalue weighted by Crippen LogP contribution is 2.42. The van der Waals surface area contributed by atoms with Crippen molar-refractivity contribution in [2.45, 2.75) is 41.0 Å². The molecule has 2 aliphatic heterocycles. The number of aliphatic hydroxyl groups excluding tert-OH is 2. The Kier molecular flexibility index (Phi) is 5.58. The number of thioether (sulfide) groups is 1. The van der Waals surface area contributed by atoms with Crippen molar-refractivity contribution in [2.24, 2.45) is 0 Å². The van der Waals surface area contributed by atoms with E-state index in [1.807, 2.05) is 54.6 Å². The summed E-state index contributed by atoms with van der Waals surface area (Å²) in [6.07, 6.45) is -4.01. The first kappa shape index (κ1) is 21.1. The predicted octanol–water partition coefficient (Wildman–Crippen LogP) is 4.65. The van der Waals surface area contributed by atoms with Crippen LogP contribution in [-0.4, -0.2) is 46.7 Å². The monoisotopic (exact) mass is 460 g/mol. The second-order valence-electron chi connectivity index (χ2n) is 8.45. The molecule has 2 heterocycles. The first-order valence-corrected chi connectivity index (χ1v) is 12.0. The second-order valence-corrected chi connectivity index (χ2v) is 9.63. The molecule has 4 aromatic rings. The molecular formula is C27H24O5S. The smallest absolute Gasteiger partial charge is 0.185 e. The normalized spacial score (nSPS) is 29.8. The molecule has 0 aliphatic carbocycles. The molecule has 0 saturated carbocycles. The van der Waals surface area contributed by atoms with E-state index in [2.05, 4.69) is 30.3 Å². The molecule has 0 amide bonds. The van der Waals surface area contributed by atoms with Gasteiger partial charge in [-0.25, -0.2) is 0 Å². The number of ether oxygens (including phenoxy) is 3. The van der Waals surface area contributed by atoms with E-state index in [1.54, 1.807) is 0 Å². The number of aliphatic hydroxyl groups is 2. The Morgan fingerprint density at radius 1 is 0.727 bits per heavy atom. The largest absolute Gasteiger partial charge is 0.387 e. The van der Waals surface area contributed by atoms with Crippen LogP contribution in [0, 0.1) is 0 Å². The minimum atomic E-state index is -1.09. The topological polar surface area (TPSA) is 68.2 Å². The highest BCUT2D eigenvalue weighted by atomic mass is 32.2. The number of hydrogen-bond acceptors (Lipinski definition) is 6. The van der Waals surface area contributed by atoms with Crippen LogP contribution < -0.4 is 0 Å². The lowest BCUT2D eigenvalue weighted by Crippen LogP contribution is -2.60. The van der Waals surface area contributed by atoms with Gasteiger partial charge in [-0.3, -0.25) is 0 Å². The van der Waals surface area contributed by atoms with Crippen LogP contribution in [0.1, 0.15) is 11.9 Å². The van der Waals surface area contributed by atoms with E-state index in [4.69, 9.17) is 14.2 Å². The zero-order valence-electron chi connectivity index (χ0n) is 17.8. The molecule has 4 aromatic carbocycles. The molecule has 2 fully saturated rings. The molecule has 6 rings (SSSR count). The van der Waals surface area contributed by atoms with Gasteiger partial charge < -0.3 is 24.4 Å². The van der Waals surface area contributed by atoms with Crippen molar-refractivity contribution in [1.29, 1.82) is 0 Å². The van der Waals surface area contributed by atoms with E-state index in [0.29, 0.717) is 0 Å². The zero-order valence-corrected chi connectivity index (χ0v) is 18.6. The third-order valence-corrected chi connectivity index (χ3v) is 7.54.